The molecule has 3 nitrogen and oxygen atoms in total. The predicted molar refractivity (Wildman–Crippen MR) is 84.0 cm³/mol. The summed E-state index contributed by atoms with van der Waals surface area (Å²) >= 11 is 0. The largest absolute Gasteiger partial charge is 0.359 e. The summed E-state index contributed by atoms with van der Waals surface area (Å²) in [5.74, 6) is 0.971. The van der Waals surface area contributed by atoms with Crippen molar-refractivity contribution in [3.8, 4) is 0 Å². The highest BCUT2D eigenvalue weighted by atomic mass is 16.7. The third kappa shape index (κ3) is 2.92. The Morgan fingerprint density at radius 2 is 1.86 bits per heavy atom. The smallest absolute Gasteiger partial charge is 0.147 e. The number of rotatable bonds is 5. The number of methoxy groups -OCH3 is 1. The second-order valence-corrected chi connectivity index (χ2v) is 8.26. The highest BCUT2D eigenvalue weighted by Crippen LogP contribution is 2.63. The Kier molecular flexibility index (Phi) is 4.84. The van der Waals surface area contributed by atoms with Gasteiger partial charge in [-0.3, -0.25) is 0 Å². The average Bonchev–Trinajstić information content (AvgIpc) is 2.40. The van der Waals surface area contributed by atoms with Crippen molar-refractivity contribution >= 4 is 6.29 Å². The van der Waals surface area contributed by atoms with Gasteiger partial charge in [-0.1, -0.05) is 27.2 Å². The van der Waals surface area contributed by atoms with Crippen molar-refractivity contribution in [2.75, 3.05) is 13.9 Å². The molecule has 0 amide bonds. The molecule has 0 saturated heterocycles. The zero-order valence-corrected chi connectivity index (χ0v) is 14.4. The fourth-order valence-corrected chi connectivity index (χ4v) is 5.59. The second-order valence-electron chi connectivity index (χ2n) is 8.26. The fraction of sp³-hybridized carbons (Fsp3) is 0.944. The first-order chi connectivity index (χ1) is 9.80. The van der Waals surface area contributed by atoms with Crippen LogP contribution in [-0.4, -0.2) is 25.8 Å². The number of aldehydes is 1. The molecule has 1 unspecified atom stereocenters. The molecule has 2 saturated carbocycles. The van der Waals surface area contributed by atoms with Crippen LogP contribution in [-0.2, 0) is 14.3 Å². The Labute approximate surface area is 129 Å². The molecule has 2 aliphatic carbocycles. The van der Waals surface area contributed by atoms with Crippen molar-refractivity contribution < 1.29 is 14.3 Å². The van der Waals surface area contributed by atoms with Crippen LogP contribution >= 0.6 is 0 Å². The molecule has 2 aliphatic rings. The Morgan fingerprint density at radius 1 is 1.14 bits per heavy atom. The minimum Gasteiger partial charge on any atom is -0.359 e. The molecule has 0 N–H and O–H groups in total. The summed E-state index contributed by atoms with van der Waals surface area (Å²) in [5, 5.41) is 0. The maximum Gasteiger partial charge on any atom is 0.147 e. The molecule has 0 aromatic heterocycles. The van der Waals surface area contributed by atoms with Gasteiger partial charge in [-0.2, -0.15) is 0 Å². The lowest BCUT2D eigenvalue weighted by atomic mass is 9.45. The maximum absolute atomic E-state index is 11.3. The molecule has 0 bridgehead atoms. The molecular formula is C18H32O3. The van der Waals surface area contributed by atoms with Crippen LogP contribution in [0.1, 0.15) is 66.2 Å². The van der Waals surface area contributed by atoms with Crippen LogP contribution in [0.25, 0.3) is 0 Å². The van der Waals surface area contributed by atoms with Gasteiger partial charge in [0.05, 0.1) is 5.60 Å². The maximum atomic E-state index is 11.3. The number of carbonyl (C=O) groups excluding carboxylic acids is 1. The number of hydrogen-bond donors (Lipinski definition) is 0. The summed E-state index contributed by atoms with van der Waals surface area (Å²) in [6.07, 6.45) is 7.69. The zero-order valence-electron chi connectivity index (χ0n) is 14.4. The lowest BCUT2D eigenvalue weighted by molar-refractivity contribution is -0.220. The molecule has 0 spiro atoms. The molecular weight excluding hydrogens is 264 g/mol. The normalized spacial score (nSPS) is 42.3. The lowest BCUT2D eigenvalue weighted by Crippen LogP contribution is -2.58. The number of ether oxygens (including phenoxy) is 2. The molecule has 2 fully saturated rings. The van der Waals surface area contributed by atoms with Gasteiger partial charge in [0.2, 0.25) is 0 Å². The van der Waals surface area contributed by atoms with Crippen LogP contribution in [0.5, 0.6) is 0 Å². The minimum atomic E-state index is -0.240. The van der Waals surface area contributed by atoms with Crippen molar-refractivity contribution in [2.45, 2.75) is 71.8 Å². The minimum absolute atomic E-state index is 0.198. The van der Waals surface area contributed by atoms with Crippen LogP contribution in [0.2, 0.25) is 0 Å². The molecule has 3 heteroatoms. The van der Waals surface area contributed by atoms with Crippen LogP contribution in [0.15, 0.2) is 0 Å². The van der Waals surface area contributed by atoms with Gasteiger partial charge in [-0.05, 0) is 55.3 Å². The molecule has 2 rings (SSSR count). The van der Waals surface area contributed by atoms with Gasteiger partial charge in [-0.25, -0.2) is 0 Å². The summed E-state index contributed by atoms with van der Waals surface area (Å²) in [4.78, 5) is 11.3. The van der Waals surface area contributed by atoms with Gasteiger partial charge in [-0.15, -0.1) is 0 Å². The van der Waals surface area contributed by atoms with E-state index in [1.807, 2.05) is 0 Å². The van der Waals surface area contributed by atoms with E-state index in [9.17, 15) is 4.79 Å². The van der Waals surface area contributed by atoms with Gasteiger partial charge in [0.25, 0.3) is 0 Å². The average molecular weight is 296 g/mol. The number of carbonyl (C=O) groups is 1. The number of hydrogen-bond acceptors (Lipinski definition) is 3. The molecule has 0 aliphatic heterocycles. The van der Waals surface area contributed by atoms with Crippen LogP contribution in [0.4, 0.5) is 0 Å². The second kappa shape index (κ2) is 6.00. The molecule has 0 heterocycles. The van der Waals surface area contributed by atoms with E-state index in [-0.39, 0.29) is 16.9 Å². The molecule has 0 aromatic carbocycles. The molecule has 0 radical (unpaired) electrons. The lowest BCUT2D eigenvalue weighted by Gasteiger charge is -2.61. The van der Waals surface area contributed by atoms with E-state index >= 15 is 0 Å². The quantitative estimate of drug-likeness (QED) is 0.563. The van der Waals surface area contributed by atoms with Crippen LogP contribution < -0.4 is 0 Å². The predicted octanol–water partition coefficient (Wildman–Crippen LogP) is 4.20. The van der Waals surface area contributed by atoms with Crippen molar-refractivity contribution in [1.29, 1.82) is 0 Å². The van der Waals surface area contributed by atoms with E-state index in [2.05, 4.69) is 27.7 Å². The Morgan fingerprint density at radius 3 is 2.48 bits per heavy atom. The first-order valence-corrected chi connectivity index (χ1v) is 8.37. The monoisotopic (exact) mass is 296 g/mol. The van der Waals surface area contributed by atoms with Crippen LogP contribution in [0.3, 0.4) is 0 Å². The fourth-order valence-electron chi connectivity index (χ4n) is 5.59. The van der Waals surface area contributed by atoms with Gasteiger partial charge >= 0.3 is 0 Å². The third-order valence-corrected chi connectivity index (χ3v) is 6.58. The summed E-state index contributed by atoms with van der Waals surface area (Å²) in [5.41, 5.74) is 0.329. The molecule has 122 valence electrons. The number of fused-ring (bicyclic) bond motifs is 1. The first-order valence-electron chi connectivity index (χ1n) is 8.37. The summed E-state index contributed by atoms with van der Waals surface area (Å²) in [6.45, 7) is 9.72. The molecule has 0 aromatic rings. The third-order valence-electron chi connectivity index (χ3n) is 6.58. The van der Waals surface area contributed by atoms with E-state index < -0.39 is 0 Å². The van der Waals surface area contributed by atoms with Crippen molar-refractivity contribution in [2.24, 2.45) is 22.7 Å². The van der Waals surface area contributed by atoms with E-state index in [1.165, 1.54) is 25.7 Å². The Hall–Kier alpha value is -0.410. The summed E-state index contributed by atoms with van der Waals surface area (Å²) in [7, 11) is 1.66. The van der Waals surface area contributed by atoms with Crippen LogP contribution in [0, 0.1) is 22.7 Å². The van der Waals surface area contributed by atoms with Crippen molar-refractivity contribution in [1.82, 2.24) is 0 Å². The standard InChI is InChI=1S/C18H32O3/c1-16(2)9-6-10-17(3)14(16)7-11-18(4,21-13-20-5)15(17)8-12-19/h12,14-15H,6-11,13H2,1-5H3/t14?,15-,17+,18-/m1/s1. The highest BCUT2D eigenvalue weighted by molar-refractivity contribution is 5.50. The van der Waals surface area contributed by atoms with Crippen molar-refractivity contribution in [3.05, 3.63) is 0 Å². The SMILES string of the molecule is COCO[C@]1(C)CCC2C(C)(C)CCC[C@]2(C)[C@H]1CC=O. The van der Waals surface area contributed by atoms with E-state index in [4.69, 9.17) is 9.47 Å². The van der Waals surface area contributed by atoms with E-state index in [1.54, 1.807) is 7.11 Å². The van der Waals surface area contributed by atoms with Gasteiger partial charge in [0.1, 0.15) is 13.1 Å². The first kappa shape index (κ1) is 17.0. The Balaban J connectivity index is 2.33. The Bertz CT molecular complexity index is 379. The van der Waals surface area contributed by atoms with E-state index in [0.717, 1.165) is 12.7 Å². The molecule has 21 heavy (non-hydrogen) atoms. The topological polar surface area (TPSA) is 35.5 Å². The molecule has 4 atom stereocenters. The zero-order chi connectivity index (χ0) is 15.7. The summed E-state index contributed by atoms with van der Waals surface area (Å²) < 4.78 is 11.2. The van der Waals surface area contributed by atoms with E-state index in [0.29, 0.717) is 24.5 Å². The van der Waals surface area contributed by atoms with Gasteiger partial charge in [0, 0.05) is 13.5 Å². The van der Waals surface area contributed by atoms with Gasteiger partial charge < -0.3 is 14.3 Å². The van der Waals surface area contributed by atoms with Gasteiger partial charge in [0.15, 0.2) is 0 Å². The summed E-state index contributed by atoms with van der Waals surface area (Å²) in [6, 6.07) is 0. The van der Waals surface area contributed by atoms with Crippen molar-refractivity contribution in [3.63, 3.8) is 0 Å². The highest BCUT2D eigenvalue weighted by Gasteiger charge is 2.58.